The quantitative estimate of drug-likeness (QED) is 0.699. The Bertz CT molecular complexity index is 763. The van der Waals surface area contributed by atoms with Gasteiger partial charge in [0.15, 0.2) is 6.10 Å². The lowest BCUT2D eigenvalue weighted by Crippen LogP contribution is -2.39. The van der Waals surface area contributed by atoms with Crippen LogP contribution in [0.2, 0.25) is 0 Å². The monoisotopic (exact) mass is 367 g/mol. The highest BCUT2D eigenvalue weighted by molar-refractivity contribution is 5.82. The predicted octanol–water partition coefficient (Wildman–Crippen LogP) is 3.80. The van der Waals surface area contributed by atoms with E-state index in [4.69, 9.17) is 4.74 Å². The Morgan fingerprint density at radius 3 is 2.70 bits per heavy atom. The van der Waals surface area contributed by atoms with Gasteiger partial charge in [0.2, 0.25) is 0 Å². The highest BCUT2D eigenvalue weighted by atomic mass is 16.5. The molecule has 0 unspecified atom stereocenters. The number of ether oxygens (including phenoxy) is 1. The van der Waals surface area contributed by atoms with Crippen molar-refractivity contribution in [2.24, 2.45) is 13.0 Å². The first-order valence-corrected chi connectivity index (χ1v) is 9.59. The van der Waals surface area contributed by atoms with Gasteiger partial charge in [0, 0.05) is 26.4 Å². The third-order valence-electron chi connectivity index (χ3n) is 5.25. The number of benzene rings is 1. The molecule has 27 heavy (non-hydrogen) atoms. The van der Waals surface area contributed by atoms with Crippen molar-refractivity contribution in [1.82, 2.24) is 14.7 Å². The molecule has 0 saturated carbocycles. The number of nitrogens with zero attached hydrogens (tertiary/aromatic N) is 3. The molecule has 2 atom stereocenters. The maximum atomic E-state index is 13.4. The molecule has 0 N–H and O–H groups in total. The van der Waals surface area contributed by atoms with Crippen LogP contribution in [0.15, 0.2) is 48.6 Å². The standard InChI is InChI=1S/C22H29N3O2/c1-17-14-20(23-24(17)2)16-25(15-18-10-6-4-7-11-18)22(26)21(27-3)19-12-8-5-9-13-19/h4-6,8-9,12-14,18,21H,7,10-11,15-16H2,1-3H3/t18-,21-/m0/s1. The van der Waals surface area contributed by atoms with Gasteiger partial charge >= 0.3 is 0 Å². The van der Waals surface area contributed by atoms with Crippen LogP contribution in [0.3, 0.4) is 0 Å². The van der Waals surface area contributed by atoms with E-state index in [-0.39, 0.29) is 5.91 Å². The maximum Gasteiger partial charge on any atom is 0.256 e. The molecule has 1 heterocycles. The van der Waals surface area contributed by atoms with Crippen molar-refractivity contribution in [3.05, 3.63) is 65.5 Å². The van der Waals surface area contributed by atoms with Crippen LogP contribution in [0.4, 0.5) is 0 Å². The van der Waals surface area contributed by atoms with Gasteiger partial charge in [-0.25, -0.2) is 0 Å². The van der Waals surface area contributed by atoms with Crippen LogP contribution in [0.1, 0.15) is 42.3 Å². The van der Waals surface area contributed by atoms with Gasteiger partial charge in [0.1, 0.15) is 0 Å². The van der Waals surface area contributed by atoms with E-state index in [1.807, 2.05) is 60.0 Å². The van der Waals surface area contributed by atoms with Gasteiger partial charge in [-0.05, 0) is 43.7 Å². The number of carbonyl (C=O) groups is 1. The van der Waals surface area contributed by atoms with Crippen LogP contribution in [0, 0.1) is 12.8 Å². The highest BCUT2D eigenvalue weighted by Crippen LogP contribution is 2.25. The summed E-state index contributed by atoms with van der Waals surface area (Å²) in [7, 11) is 3.53. The minimum Gasteiger partial charge on any atom is -0.367 e. The molecule has 1 aliphatic carbocycles. The van der Waals surface area contributed by atoms with Crippen LogP contribution >= 0.6 is 0 Å². The molecule has 0 aliphatic heterocycles. The number of amides is 1. The Hall–Kier alpha value is -2.40. The minimum absolute atomic E-state index is 0.00144. The number of hydrogen-bond acceptors (Lipinski definition) is 3. The van der Waals surface area contributed by atoms with E-state index in [0.717, 1.165) is 42.8 Å². The van der Waals surface area contributed by atoms with Gasteiger partial charge in [0.25, 0.3) is 5.91 Å². The van der Waals surface area contributed by atoms with Gasteiger partial charge < -0.3 is 9.64 Å². The fourth-order valence-corrected chi connectivity index (χ4v) is 3.65. The molecular formula is C22H29N3O2. The summed E-state index contributed by atoms with van der Waals surface area (Å²) in [5.41, 5.74) is 2.89. The smallest absolute Gasteiger partial charge is 0.256 e. The van der Waals surface area contributed by atoms with Crippen LogP contribution in [0.5, 0.6) is 0 Å². The lowest BCUT2D eigenvalue weighted by atomic mass is 9.93. The van der Waals surface area contributed by atoms with Gasteiger partial charge in [-0.2, -0.15) is 5.10 Å². The zero-order valence-corrected chi connectivity index (χ0v) is 16.5. The SMILES string of the molecule is CO[C@H](C(=O)N(Cc1cc(C)n(C)n1)C[C@H]1CC=CCC1)c1ccccc1. The summed E-state index contributed by atoms with van der Waals surface area (Å²) in [6, 6.07) is 11.8. The second-order valence-electron chi connectivity index (χ2n) is 7.30. The van der Waals surface area contributed by atoms with Crippen LogP contribution in [-0.4, -0.2) is 34.2 Å². The lowest BCUT2D eigenvalue weighted by Gasteiger charge is -2.30. The Morgan fingerprint density at radius 2 is 2.11 bits per heavy atom. The molecule has 1 aromatic heterocycles. The van der Waals surface area contributed by atoms with E-state index < -0.39 is 6.10 Å². The number of methoxy groups -OCH3 is 1. The van der Waals surface area contributed by atoms with Gasteiger partial charge in [0.05, 0.1) is 12.2 Å². The highest BCUT2D eigenvalue weighted by Gasteiger charge is 2.28. The third-order valence-corrected chi connectivity index (χ3v) is 5.25. The third kappa shape index (κ3) is 4.86. The van der Waals surface area contributed by atoms with Crippen molar-refractivity contribution in [2.75, 3.05) is 13.7 Å². The Balaban J connectivity index is 1.82. The summed E-state index contributed by atoms with van der Waals surface area (Å²) in [6.45, 7) is 3.26. The molecule has 5 heteroatoms. The summed E-state index contributed by atoms with van der Waals surface area (Å²) in [5, 5.41) is 4.55. The van der Waals surface area contributed by atoms with Gasteiger partial charge in [-0.3, -0.25) is 9.48 Å². The molecular weight excluding hydrogens is 338 g/mol. The molecule has 1 aliphatic rings. The largest absolute Gasteiger partial charge is 0.367 e. The van der Waals surface area contributed by atoms with Crippen LogP contribution in [-0.2, 0) is 23.1 Å². The second kappa shape index (κ2) is 9.00. The number of hydrogen-bond donors (Lipinski definition) is 0. The van der Waals surface area contributed by atoms with E-state index in [0.29, 0.717) is 12.5 Å². The fourth-order valence-electron chi connectivity index (χ4n) is 3.65. The molecule has 5 nitrogen and oxygen atoms in total. The molecule has 0 radical (unpaired) electrons. The van der Waals surface area contributed by atoms with Crippen molar-refractivity contribution >= 4 is 5.91 Å². The van der Waals surface area contributed by atoms with Crippen LogP contribution in [0.25, 0.3) is 0 Å². The molecule has 0 fully saturated rings. The van der Waals surface area contributed by atoms with Crippen molar-refractivity contribution in [2.45, 2.75) is 38.8 Å². The zero-order valence-electron chi connectivity index (χ0n) is 16.5. The molecule has 1 aromatic carbocycles. The molecule has 3 rings (SSSR count). The normalized spacial score (nSPS) is 17.7. The Morgan fingerprint density at radius 1 is 1.33 bits per heavy atom. The molecule has 1 amide bonds. The molecule has 144 valence electrons. The van der Waals surface area contributed by atoms with Gasteiger partial charge in [-0.1, -0.05) is 42.5 Å². The topological polar surface area (TPSA) is 47.4 Å². The number of aromatic nitrogens is 2. The molecule has 2 aromatic rings. The molecule has 0 saturated heterocycles. The minimum atomic E-state index is -0.588. The predicted molar refractivity (Wildman–Crippen MR) is 106 cm³/mol. The number of carbonyl (C=O) groups excluding carboxylic acids is 1. The maximum absolute atomic E-state index is 13.4. The second-order valence-corrected chi connectivity index (χ2v) is 7.30. The average Bonchev–Trinajstić information content (AvgIpc) is 3.00. The lowest BCUT2D eigenvalue weighted by molar-refractivity contribution is -0.144. The summed E-state index contributed by atoms with van der Waals surface area (Å²) in [4.78, 5) is 15.3. The number of allylic oxidation sites excluding steroid dienone is 2. The van der Waals surface area contributed by atoms with Crippen molar-refractivity contribution in [1.29, 1.82) is 0 Å². The summed E-state index contributed by atoms with van der Waals surface area (Å²) in [6.07, 6.45) is 7.09. The summed E-state index contributed by atoms with van der Waals surface area (Å²) in [5.74, 6) is 0.485. The van der Waals surface area contributed by atoms with Crippen molar-refractivity contribution < 1.29 is 9.53 Å². The van der Waals surface area contributed by atoms with E-state index in [9.17, 15) is 4.79 Å². The van der Waals surface area contributed by atoms with Crippen molar-refractivity contribution in [3.8, 4) is 0 Å². The molecule has 0 bridgehead atoms. The van der Waals surface area contributed by atoms with E-state index >= 15 is 0 Å². The fraction of sp³-hybridized carbons (Fsp3) is 0.455. The first-order chi connectivity index (χ1) is 13.1. The van der Waals surface area contributed by atoms with Crippen LogP contribution < -0.4 is 0 Å². The first-order valence-electron chi connectivity index (χ1n) is 9.59. The average molecular weight is 367 g/mol. The summed E-state index contributed by atoms with van der Waals surface area (Å²) < 4.78 is 7.46. The molecule has 0 spiro atoms. The summed E-state index contributed by atoms with van der Waals surface area (Å²) >= 11 is 0. The Kier molecular flexibility index (Phi) is 6.45. The van der Waals surface area contributed by atoms with Gasteiger partial charge in [-0.15, -0.1) is 0 Å². The van der Waals surface area contributed by atoms with E-state index in [1.165, 1.54) is 0 Å². The number of aryl methyl sites for hydroxylation is 2. The van der Waals surface area contributed by atoms with Crippen molar-refractivity contribution in [3.63, 3.8) is 0 Å². The Labute approximate surface area is 161 Å². The van der Waals surface area contributed by atoms with E-state index in [1.54, 1.807) is 7.11 Å². The zero-order chi connectivity index (χ0) is 19.2. The number of rotatable bonds is 7. The first kappa shape index (κ1) is 19.4. The van der Waals surface area contributed by atoms with E-state index in [2.05, 4.69) is 17.3 Å².